The van der Waals surface area contributed by atoms with Crippen LogP contribution < -0.4 is 10.4 Å². The van der Waals surface area contributed by atoms with E-state index in [1.807, 2.05) is 31.7 Å². The van der Waals surface area contributed by atoms with Gasteiger partial charge in [0.15, 0.2) is 0 Å². The van der Waals surface area contributed by atoms with Crippen molar-refractivity contribution in [1.29, 1.82) is 0 Å². The maximum atomic E-state index is 14.8. The molecule has 2 atom stereocenters. The Morgan fingerprint density at radius 2 is 1.83 bits per heavy atom. The fourth-order valence-corrected chi connectivity index (χ4v) is 4.39. The van der Waals surface area contributed by atoms with Crippen LogP contribution in [0.5, 0.6) is 0 Å². The summed E-state index contributed by atoms with van der Waals surface area (Å²) in [5.74, 6) is 0.703. The molecule has 2 fully saturated rings. The van der Waals surface area contributed by atoms with Crippen molar-refractivity contribution in [1.82, 2.24) is 14.9 Å². The molecule has 2 unspecified atom stereocenters. The molecular weight excluding hydrogens is 370 g/mol. The molecule has 2 aliphatic heterocycles. The smallest absolute Gasteiger partial charge is 0.410 e. The summed E-state index contributed by atoms with van der Waals surface area (Å²) in [6.45, 7) is 10.4. The minimum absolute atomic E-state index is 0.0497. The van der Waals surface area contributed by atoms with E-state index >= 15 is 0 Å². The predicted molar refractivity (Wildman–Crippen MR) is 111 cm³/mol. The molecule has 2 aromatic rings. The lowest BCUT2D eigenvalue weighted by Gasteiger charge is -2.42. The van der Waals surface area contributed by atoms with E-state index < -0.39 is 11.4 Å². The van der Waals surface area contributed by atoms with Gasteiger partial charge >= 0.3 is 6.09 Å². The molecule has 6 nitrogen and oxygen atoms in total. The van der Waals surface area contributed by atoms with Crippen LogP contribution in [-0.2, 0) is 4.74 Å². The Morgan fingerprint density at radius 1 is 1.21 bits per heavy atom. The number of ether oxygens (including phenoxy) is 1. The summed E-state index contributed by atoms with van der Waals surface area (Å²) >= 11 is 0. The van der Waals surface area contributed by atoms with E-state index in [1.165, 1.54) is 0 Å². The van der Waals surface area contributed by atoms with Crippen molar-refractivity contribution in [3.63, 3.8) is 0 Å². The Kier molecular flexibility index (Phi) is 4.71. The average molecular weight is 396 g/mol. The van der Waals surface area contributed by atoms with Crippen molar-refractivity contribution in [3.05, 3.63) is 23.3 Å². The molecule has 152 valence electrons. The second-order valence-corrected chi connectivity index (χ2v) is 9.09. The van der Waals surface area contributed by atoms with Gasteiger partial charge in [-0.25, -0.2) is 19.2 Å². The molecule has 8 heteroatoms. The zero-order valence-electron chi connectivity index (χ0n) is 17.6. The maximum absolute atomic E-state index is 14.8. The Balaban J connectivity index is 1.68. The molecule has 2 radical (unpaired) electrons. The zero-order valence-corrected chi connectivity index (χ0v) is 17.6. The molecule has 1 aromatic carbocycles. The van der Waals surface area contributed by atoms with Gasteiger partial charge in [0.1, 0.15) is 36.4 Å². The van der Waals surface area contributed by atoms with Crippen molar-refractivity contribution >= 4 is 36.1 Å². The van der Waals surface area contributed by atoms with Crippen LogP contribution in [0.25, 0.3) is 10.9 Å². The number of fused-ring (bicyclic) bond motifs is 3. The number of benzene rings is 1. The highest BCUT2D eigenvalue weighted by Crippen LogP contribution is 2.35. The molecule has 0 aliphatic carbocycles. The van der Waals surface area contributed by atoms with E-state index in [0.717, 1.165) is 12.8 Å². The number of carbonyl (C=O) groups excluding carboxylic acids is 1. The first-order valence-electron chi connectivity index (χ1n) is 10.0. The molecule has 29 heavy (non-hydrogen) atoms. The number of hydrogen-bond donors (Lipinski definition) is 0. The van der Waals surface area contributed by atoms with Crippen molar-refractivity contribution in [3.8, 4) is 0 Å². The van der Waals surface area contributed by atoms with Gasteiger partial charge in [0.2, 0.25) is 0 Å². The minimum atomic E-state index is -0.525. The van der Waals surface area contributed by atoms with Crippen LogP contribution in [0, 0.1) is 19.7 Å². The molecular formula is C21H26BFN4O2. The summed E-state index contributed by atoms with van der Waals surface area (Å²) in [6.07, 6.45) is 1.58. The van der Waals surface area contributed by atoms with Gasteiger partial charge in [-0.2, -0.15) is 0 Å². The van der Waals surface area contributed by atoms with Crippen LogP contribution in [0.1, 0.15) is 45.0 Å². The summed E-state index contributed by atoms with van der Waals surface area (Å²) in [4.78, 5) is 25.7. The van der Waals surface area contributed by atoms with Gasteiger partial charge in [-0.3, -0.25) is 4.90 Å². The minimum Gasteiger partial charge on any atom is -0.444 e. The molecule has 0 N–H and O–H groups in total. The van der Waals surface area contributed by atoms with Crippen LogP contribution in [0.4, 0.5) is 15.0 Å². The monoisotopic (exact) mass is 396 g/mol. The molecule has 0 saturated carbocycles. The molecule has 0 spiro atoms. The highest BCUT2D eigenvalue weighted by Gasteiger charge is 2.45. The number of carbonyl (C=O) groups is 1. The fraction of sp³-hybridized carbons (Fsp3) is 0.571. The van der Waals surface area contributed by atoms with E-state index in [1.54, 1.807) is 13.8 Å². The number of rotatable bonds is 1. The predicted octanol–water partition coefficient (Wildman–Crippen LogP) is 2.77. The Hall–Kier alpha value is -2.38. The standard InChI is InChI=1S/C21H26BFN4O2/c1-11-8-15-18(17(23)16(11)22)24-12(2)25-19(15)26-9-13-6-7-14(10-26)27(13)20(28)29-21(3,4)5/h8,13-14H,6-7,9-10H2,1-5H3. The normalized spacial score (nSPS) is 21.7. The highest BCUT2D eigenvalue weighted by atomic mass is 19.1. The summed E-state index contributed by atoms with van der Waals surface area (Å²) in [5, 5.41) is 0.657. The van der Waals surface area contributed by atoms with Crippen LogP contribution >= 0.6 is 0 Å². The topological polar surface area (TPSA) is 58.6 Å². The first kappa shape index (κ1) is 19.9. The fourth-order valence-electron chi connectivity index (χ4n) is 4.39. The maximum Gasteiger partial charge on any atom is 0.410 e. The summed E-state index contributed by atoms with van der Waals surface area (Å²) in [6, 6.07) is 1.95. The van der Waals surface area contributed by atoms with Crippen molar-refractivity contribution in [2.45, 2.75) is 65.1 Å². The number of aryl methyl sites for hydroxylation is 2. The first-order valence-corrected chi connectivity index (χ1v) is 10.0. The second-order valence-electron chi connectivity index (χ2n) is 9.09. The van der Waals surface area contributed by atoms with Gasteiger partial charge < -0.3 is 9.64 Å². The molecule has 2 aliphatic rings. The van der Waals surface area contributed by atoms with Crippen LogP contribution in [0.3, 0.4) is 0 Å². The summed E-state index contributed by atoms with van der Waals surface area (Å²) in [5.41, 5.74) is 0.510. The first-order chi connectivity index (χ1) is 13.5. The van der Waals surface area contributed by atoms with Gasteiger partial charge in [0.25, 0.3) is 0 Å². The summed E-state index contributed by atoms with van der Waals surface area (Å²) < 4.78 is 20.4. The Morgan fingerprint density at radius 3 is 2.41 bits per heavy atom. The van der Waals surface area contributed by atoms with Crippen LogP contribution in [0.2, 0.25) is 0 Å². The number of anilines is 1. The van der Waals surface area contributed by atoms with Gasteiger partial charge in [0.05, 0.1) is 12.1 Å². The Bertz CT molecular complexity index is 977. The molecule has 2 saturated heterocycles. The molecule has 3 heterocycles. The van der Waals surface area contributed by atoms with E-state index in [2.05, 4.69) is 14.9 Å². The zero-order chi connectivity index (χ0) is 21.1. The Labute approximate surface area is 171 Å². The lowest BCUT2D eigenvalue weighted by atomic mass is 9.89. The van der Waals surface area contributed by atoms with E-state index in [-0.39, 0.29) is 29.2 Å². The third-order valence-electron chi connectivity index (χ3n) is 5.65. The molecule has 1 amide bonds. The number of aromatic nitrogens is 2. The van der Waals surface area contributed by atoms with Gasteiger partial charge in [-0.1, -0.05) is 11.0 Å². The average Bonchev–Trinajstić information content (AvgIpc) is 2.89. The van der Waals surface area contributed by atoms with Crippen LogP contribution in [0.15, 0.2) is 6.07 Å². The number of nitrogens with zero attached hydrogens (tertiary/aromatic N) is 4. The number of piperazine rings is 1. The summed E-state index contributed by atoms with van der Waals surface area (Å²) in [7, 11) is 5.88. The molecule has 1 aromatic heterocycles. The largest absolute Gasteiger partial charge is 0.444 e. The van der Waals surface area contributed by atoms with Gasteiger partial charge in [0, 0.05) is 18.5 Å². The van der Waals surface area contributed by atoms with Crippen molar-refractivity contribution in [2.75, 3.05) is 18.0 Å². The van der Waals surface area contributed by atoms with Crippen LogP contribution in [-0.4, -0.2) is 59.6 Å². The van der Waals surface area contributed by atoms with Gasteiger partial charge in [-0.05, 0) is 53.5 Å². The molecule has 4 rings (SSSR count). The lowest BCUT2D eigenvalue weighted by Crippen LogP contribution is -2.57. The molecule has 2 bridgehead atoms. The highest BCUT2D eigenvalue weighted by molar-refractivity contribution is 6.34. The van der Waals surface area contributed by atoms with Crippen molar-refractivity contribution in [2.24, 2.45) is 0 Å². The number of halogens is 1. The second kappa shape index (κ2) is 6.85. The number of amides is 1. The third-order valence-corrected chi connectivity index (χ3v) is 5.65. The van der Waals surface area contributed by atoms with Gasteiger partial charge in [-0.15, -0.1) is 0 Å². The van der Waals surface area contributed by atoms with E-state index in [0.29, 0.717) is 35.7 Å². The quantitative estimate of drug-likeness (QED) is 0.694. The van der Waals surface area contributed by atoms with E-state index in [4.69, 9.17) is 12.6 Å². The third kappa shape index (κ3) is 3.53. The van der Waals surface area contributed by atoms with Crippen molar-refractivity contribution < 1.29 is 13.9 Å². The number of hydrogen-bond acceptors (Lipinski definition) is 5. The van der Waals surface area contributed by atoms with E-state index in [9.17, 15) is 9.18 Å². The lowest BCUT2D eigenvalue weighted by molar-refractivity contribution is 0.0123. The SMILES string of the molecule is [B]c1c(C)cc2c(N3CC4CCC(C3)N4C(=O)OC(C)(C)C)nc(C)nc2c1F.